The molecule has 18 heavy (non-hydrogen) atoms. The molecule has 0 radical (unpaired) electrons. The van der Waals surface area contributed by atoms with Gasteiger partial charge in [-0.3, -0.25) is 5.32 Å². The molecule has 1 saturated carbocycles. The number of benzene rings is 1. The van der Waals surface area contributed by atoms with Crippen molar-refractivity contribution < 1.29 is 5.11 Å². The van der Waals surface area contributed by atoms with Crippen LogP contribution in [0.15, 0.2) is 18.2 Å². The largest absolute Gasteiger partial charge is 0.506 e. The first-order valence-corrected chi connectivity index (χ1v) is 6.72. The van der Waals surface area contributed by atoms with E-state index in [1.807, 2.05) is 0 Å². The van der Waals surface area contributed by atoms with E-state index in [1.54, 1.807) is 12.1 Å². The lowest BCUT2D eigenvalue weighted by Gasteiger charge is -2.25. The molecule has 96 valence electrons. The Balaban J connectivity index is 2.07. The summed E-state index contributed by atoms with van der Waals surface area (Å²) in [5.74, 6) is 0.0507. The van der Waals surface area contributed by atoms with E-state index >= 15 is 0 Å². The number of hydrogen-bond donors (Lipinski definition) is 2. The van der Waals surface area contributed by atoms with Gasteiger partial charge in [0.15, 0.2) is 0 Å². The molecular weight excluding hydrogens is 248 g/mol. The van der Waals surface area contributed by atoms with E-state index in [2.05, 4.69) is 11.4 Å². The van der Waals surface area contributed by atoms with E-state index in [0.29, 0.717) is 6.04 Å². The van der Waals surface area contributed by atoms with Gasteiger partial charge in [0.1, 0.15) is 11.8 Å². The van der Waals surface area contributed by atoms with Gasteiger partial charge in [-0.05, 0) is 30.5 Å². The van der Waals surface area contributed by atoms with Gasteiger partial charge in [0.05, 0.1) is 11.1 Å². The van der Waals surface area contributed by atoms with Gasteiger partial charge in [0, 0.05) is 6.04 Å². The fourth-order valence-electron chi connectivity index (χ4n) is 2.42. The molecule has 4 heteroatoms. The van der Waals surface area contributed by atoms with E-state index in [1.165, 1.54) is 25.3 Å². The quantitative estimate of drug-likeness (QED) is 0.878. The predicted octanol–water partition coefficient (Wildman–Crippen LogP) is 3.53. The van der Waals surface area contributed by atoms with Crippen LogP contribution in [-0.4, -0.2) is 11.1 Å². The summed E-state index contributed by atoms with van der Waals surface area (Å²) >= 11 is 5.87. The Labute approximate surface area is 112 Å². The minimum absolute atomic E-state index is 0.0507. The Bertz CT molecular complexity index is 450. The summed E-state index contributed by atoms with van der Waals surface area (Å²) in [5, 5.41) is 22.3. The Morgan fingerprint density at radius 3 is 2.67 bits per heavy atom. The first-order valence-electron chi connectivity index (χ1n) is 6.35. The molecule has 2 N–H and O–H groups in total. The smallest absolute Gasteiger partial charge is 0.134 e. The molecule has 0 amide bonds. The highest BCUT2D eigenvalue weighted by Crippen LogP contribution is 2.27. The van der Waals surface area contributed by atoms with Crippen LogP contribution in [0, 0.1) is 11.3 Å². The highest BCUT2D eigenvalue weighted by molar-refractivity contribution is 6.32. The van der Waals surface area contributed by atoms with Crippen LogP contribution in [0.25, 0.3) is 0 Å². The molecule has 0 aliphatic heterocycles. The molecule has 3 nitrogen and oxygen atoms in total. The van der Waals surface area contributed by atoms with Crippen molar-refractivity contribution in [1.82, 2.24) is 5.32 Å². The number of halogens is 1. The summed E-state index contributed by atoms with van der Waals surface area (Å²) in [6.45, 7) is 0. The van der Waals surface area contributed by atoms with Crippen LogP contribution in [0.4, 0.5) is 0 Å². The molecule has 1 fully saturated rings. The molecule has 0 bridgehead atoms. The Morgan fingerprint density at radius 1 is 1.33 bits per heavy atom. The normalized spacial score (nSPS) is 18.2. The monoisotopic (exact) mass is 264 g/mol. The number of nitrogens with zero attached hydrogens (tertiary/aromatic N) is 1. The molecule has 1 atom stereocenters. The average Bonchev–Trinajstić information content (AvgIpc) is 2.40. The van der Waals surface area contributed by atoms with Crippen molar-refractivity contribution in [3.8, 4) is 11.8 Å². The molecule has 2 rings (SSSR count). The van der Waals surface area contributed by atoms with Crippen LogP contribution in [-0.2, 0) is 0 Å². The minimum atomic E-state index is -0.355. The van der Waals surface area contributed by atoms with Crippen LogP contribution in [0.2, 0.25) is 5.02 Å². The number of nitrogens with one attached hydrogen (secondary N) is 1. The molecule has 1 unspecified atom stereocenters. The zero-order valence-corrected chi connectivity index (χ0v) is 11.0. The maximum absolute atomic E-state index is 9.38. The second kappa shape index (κ2) is 6.08. The van der Waals surface area contributed by atoms with Crippen molar-refractivity contribution in [1.29, 1.82) is 5.26 Å². The number of nitriles is 1. The summed E-state index contributed by atoms with van der Waals surface area (Å²) in [6.07, 6.45) is 6.01. The van der Waals surface area contributed by atoms with E-state index < -0.39 is 0 Å². The summed E-state index contributed by atoms with van der Waals surface area (Å²) in [4.78, 5) is 0. The molecule has 0 aromatic heterocycles. The third kappa shape index (κ3) is 3.16. The highest BCUT2D eigenvalue weighted by atomic mass is 35.5. The molecule has 1 aliphatic rings. The van der Waals surface area contributed by atoms with Crippen LogP contribution in [0.1, 0.15) is 43.7 Å². The lowest BCUT2D eigenvalue weighted by molar-refractivity contribution is 0.359. The number of aromatic hydroxyl groups is 1. The van der Waals surface area contributed by atoms with Crippen molar-refractivity contribution in [3.63, 3.8) is 0 Å². The third-order valence-electron chi connectivity index (χ3n) is 3.44. The lowest BCUT2D eigenvalue weighted by atomic mass is 9.94. The number of phenols is 1. The van der Waals surface area contributed by atoms with Crippen LogP contribution in [0.5, 0.6) is 5.75 Å². The molecule has 1 aromatic rings. The molecular formula is C14H17ClN2O. The Hall–Kier alpha value is -1.24. The van der Waals surface area contributed by atoms with Gasteiger partial charge in [0.2, 0.25) is 0 Å². The third-order valence-corrected chi connectivity index (χ3v) is 3.74. The summed E-state index contributed by atoms with van der Waals surface area (Å²) < 4.78 is 0. The van der Waals surface area contributed by atoms with Gasteiger partial charge in [-0.15, -0.1) is 0 Å². The molecule has 0 spiro atoms. The second-order valence-electron chi connectivity index (χ2n) is 4.77. The van der Waals surface area contributed by atoms with Crippen molar-refractivity contribution in [2.45, 2.75) is 44.2 Å². The summed E-state index contributed by atoms with van der Waals surface area (Å²) in [6, 6.07) is 7.25. The maximum atomic E-state index is 9.38. The SMILES string of the molecule is N#CC(NC1CCCCC1)c1ccc(O)c(Cl)c1. The zero-order chi connectivity index (χ0) is 13.0. The van der Waals surface area contributed by atoms with Gasteiger partial charge in [-0.25, -0.2) is 0 Å². The summed E-state index contributed by atoms with van der Waals surface area (Å²) in [5.41, 5.74) is 0.811. The topological polar surface area (TPSA) is 56.0 Å². The van der Waals surface area contributed by atoms with Gasteiger partial charge < -0.3 is 5.11 Å². The van der Waals surface area contributed by atoms with Gasteiger partial charge >= 0.3 is 0 Å². The summed E-state index contributed by atoms with van der Waals surface area (Å²) in [7, 11) is 0. The zero-order valence-electron chi connectivity index (χ0n) is 10.2. The van der Waals surface area contributed by atoms with E-state index in [-0.39, 0.29) is 16.8 Å². The van der Waals surface area contributed by atoms with Crippen LogP contribution in [0.3, 0.4) is 0 Å². The fourth-order valence-corrected chi connectivity index (χ4v) is 2.60. The van der Waals surface area contributed by atoms with Crippen molar-refractivity contribution >= 4 is 11.6 Å². The first-order chi connectivity index (χ1) is 8.70. The van der Waals surface area contributed by atoms with E-state index in [0.717, 1.165) is 18.4 Å². The second-order valence-corrected chi connectivity index (χ2v) is 5.18. The van der Waals surface area contributed by atoms with Gasteiger partial charge in [-0.1, -0.05) is 36.9 Å². The molecule has 1 aliphatic carbocycles. The average molecular weight is 265 g/mol. The van der Waals surface area contributed by atoms with Crippen LogP contribution < -0.4 is 5.32 Å². The minimum Gasteiger partial charge on any atom is -0.506 e. The molecule has 1 aromatic carbocycles. The lowest BCUT2D eigenvalue weighted by Crippen LogP contribution is -2.33. The number of rotatable bonds is 3. The van der Waals surface area contributed by atoms with Gasteiger partial charge in [0.25, 0.3) is 0 Å². The highest BCUT2D eigenvalue weighted by Gasteiger charge is 2.19. The van der Waals surface area contributed by atoms with Crippen molar-refractivity contribution in [2.75, 3.05) is 0 Å². The van der Waals surface area contributed by atoms with E-state index in [4.69, 9.17) is 11.6 Å². The Kier molecular flexibility index (Phi) is 4.46. The van der Waals surface area contributed by atoms with Crippen LogP contribution >= 0.6 is 11.6 Å². The predicted molar refractivity (Wildman–Crippen MR) is 71.5 cm³/mol. The fraction of sp³-hybridized carbons (Fsp3) is 0.500. The maximum Gasteiger partial charge on any atom is 0.134 e. The molecule has 0 saturated heterocycles. The van der Waals surface area contributed by atoms with E-state index in [9.17, 15) is 10.4 Å². The number of hydrogen-bond acceptors (Lipinski definition) is 3. The molecule has 0 heterocycles. The number of phenolic OH excluding ortho intramolecular Hbond substituents is 1. The first kappa shape index (κ1) is 13.2. The van der Waals surface area contributed by atoms with Crippen molar-refractivity contribution in [2.24, 2.45) is 0 Å². The van der Waals surface area contributed by atoms with Crippen molar-refractivity contribution in [3.05, 3.63) is 28.8 Å². The standard InChI is InChI=1S/C14H17ClN2O/c15-12-8-10(6-7-14(12)18)13(9-16)17-11-4-2-1-3-5-11/h6-8,11,13,17-18H,1-5H2. The van der Waals surface area contributed by atoms with Gasteiger partial charge in [-0.2, -0.15) is 5.26 Å². The Morgan fingerprint density at radius 2 is 2.06 bits per heavy atom.